The lowest BCUT2D eigenvalue weighted by atomic mass is 9.77. The lowest BCUT2D eigenvalue weighted by Crippen LogP contribution is -2.50. The summed E-state index contributed by atoms with van der Waals surface area (Å²) >= 11 is 0. The predicted octanol–water partition coefficient (Wildman–Crippen LogP) is 4.45. The van der Waals surface area contributed by atoms with Crippen LogP contribution in [0.25, 0.3) is 0 Å². The average Bonchev–Trinajstić information content (AvgIpc) is 2.98. The van der Waals surface area contributed by atoms with Crippen molar-refractivity contribution in [2.45, 2.75) is 86.4 Å². The van der Waals surface area contributed by atoms with Crippen LogP contribution in [0, 0.1) is 12.3 Å². The molecule has 0 aromatic heterocycles. The van der Waals surface area contributed by atoms with E-state index in [4.69, 9.17) is 14.0 Å². The first-order valence-corrected chi connectivity index (χ1v) is 12.6. The molecule has 196 valence electrons. The Balaban J connectivity index is 1.91. The minimum atomic E-state index is -0.584. The Hall–Kier alpha value is -2.58. The van der Waals surface area contributed by atoms with Gasteiger partial charge in [0.15, 0.2) is 0 Å². The number of rotatable bonds is 5. The van der Waals surface area contributed by atoms with Crippen molar-refractivity contribution in [3.63, 3.8) is 0 Å². The van der Waals surface area contributed by atoms with E-state index in [1.54, 1.807) is 13.2 Å². The van der Waals surface area contributed by atoms with Gasteiger partial charge in [-0.15, -0.1) is 0 Å². The van der Waals surface area contributed by atoms with Crippen molar-refractivity contribution in [2.75, 3.05) is 13.7 Å². The molecule has 1 saturated heterocycles. The molecule has 2 aliphatic rings. The normalized spacial score (nSPS) is 19.2. The molecule has 0 unspecified atom stereocenters. The first-order chi connectivity index (χ1) is 16.5. The van der Waals surface area contributed by atoms with E-state index in [1.165, 1.54) is 5.01 Å². The molecule has 0 spiro atoms. The molecule has 8 heteroatoms. The summed E-state index contributed by atoms with van der Waals surface area (Å²) in [5.74, 6) is 0.185. The number of hydrogen-bond donors (Lipinski definition) is 1. The fraction of sp³-hybridized carbons (Fsp3) is 0.571. The fourth-order valence-electron chi connectivity index (χ4n) is 4.38. The Bertz CT molecular complexity index is 1080. The summed E-state index contributed by atoms with van der Waals surface area (Å²) in [6, 6.07) is 5.60. The molecular formula is C28H41BN2O5. The molecule has 36 heavy (non-hydrogen) atoms. The van der Waals surface area contributed by atoms with E-state index in [0.29, 0.717) is 24.1 Å². The Labute approximate surface area is 216 Å². The van der Waals surface area contributed by atoms with Crippen molar-refractivity contribution in [2.24, 2.45) is 5.41 Å². The summed E-state index contributed by atoms with van der Waals surface area (Å²) in [6.45, 7) is 18.2. The third-order valence-corrected chi connectivity index (χ3v) is 7.02. The number of aryl methyl sites for hydroxylation is 1. The van der Waals surface area contributed by atoms with Crippen LogP contribution >= 0.6 is 0 Å². The number of benzene rings is 1. The van der Waals surface area contributed by atoms with Gasteiger partial charge in [0.05, 0.1) is 24.1 Å². The second-order valence-corrected chi connectivity index (χ2v) is 12.0. The van der Waals surface area contributed by atoms with Gasteiger partial charge in [-0.3, -0.25) is 15.0 Å². The number of carbonyl (C=O) groups excluding carboxylic acids is 2. The second kappa shape index (κ2) is 10.1. The SMILES string of the molecule is COC1=C(C)C(C(=O)NN(CC(C)(C)C)C(=O)c2cc(C)cc(B3OC(C)(C)C(C)(C)O3)c2)=CCC1. The number of methoxy groups -OCH3 is 1. The lowest BCUT2D eigenvalue weighted by molar-refractivity contribution is -0.121. The zero-order valence-corrected chi connectivity index (χ0v) is 23.5. The Morgan fingerprint density at radius 2 is 1.69 bits per heavy atom. The third-order valence-electron chi connectivity index (χ3n) is 7.02. The van der Waals surface area contributed by atoms with Crippen molar-refractivity contribution in [3.05, 3.63) is 52.3 Å². The summed E-state index contributed by atoms with van der Waals surface area (Å²) in [5.41, 5.74) is 5.13. The van der Waals surface area contributed by atoms with Crippen LogP contribution < -0.4 is 10.9 Å². The zero-order chi connectivity index (χ0) is 27.1. The highest BCUT2D eigenvalue weighted by Crippen LogP contribution is 2.36. The molecule has 1 aliphatic heterocycles. The van der Waals surface area contributed by atoms with E-state index < -0.39 is 18.3 Å². The molecule has 1 fully saturated rings. The fourth-order valence-corrected chi connectivity index (χ4v) is 4.38. The van der Waals surface area contributed by atoms with Crippen molar-refractivity contribution < 1.29 is 23.6 Å². The van der Waals surface area contributed by atoms with Gasteiger partial charge in [0.2, 0.25) is 0 Å². The Kier molecular flexibility index (Phi) is 7.82. The quantitative estimate of drug-likeness (QED) is 0.482. The number of carbonyl (C=O) groups is 2. The molecule has 7 nitrogen and oxygen atoms in total. The maximum Gasteiger partial charge on any atom is 0.494 e. The summed E-state index contributed by atoms with van der Waals surface area (Å²) in [5, 5.41) is 1.42. The van der Waals surface area contributed by atoms with E-state index in [2.05, 4.69) is 5.43 Å². The van der Waals surface area contributed by atoms with E-state index in [9.17, 15) is 9.59 Å². The number of hydrogen-bond acceptors (Lipinski definition) is 5. The van der Waals surface area contributed by atoms with Crippen molar-refractivity contribution in [3.8, 4) is 0 Å². The Morgan fingerprint density at radius 1 is 1.08 bits per heavy atom. The first kappa shape index (κ1) is 28.0. The van der Waals surface area contributed by atoms with Gasteiger partial charge in [0.1, 0.15) is 0 Å². The van der Waals surface area contributed by atoms with Gasteiger partial charge in [0, 0.05) is 24.1 Å². The van der Waals surface area contributed by atoms with E-state index in [0.717, 1.165) is 28.8 Å². The molecule has 1 aromatic carbocycles. The monoisotopic (exact) mass is 496 g/mol. The lowest BCUT2D eigenvalue weighted by Gasteiger charge is -2.32. The van der Waals surface area contributed by atoms with E-state index in [-0.39, 0.29) is 17.2 Å². The molecule has 1 aliphatic carbocycles. The molecule has 0 radical (unpaired) electrons. The van der Waals surface area contributed by atoms with Crippen LogP contribution in [0.15, 0.2) is 41.2 Å². The number of nitrogens with zero attached hydrogens (tertiary/aromatic N) is 1. The second-order valence-electron chi connectivity index (χ2n) is 12.0. The van der Waals surface area contributed by atoms with E-state index >= 15 is 0 Å². The molecule has 1 heterocycles. The van der Waals surface area contributed by atoms with Crippen molar-refractivity contribution in [1.29, 1.82) is 0 Å². The number of nitrogens with one attached hydrogen (secondary N) is 1. The largest absolute Gasteiger partial charge is 0.501 e. The predicted molar refractivity (Wildman–Crippen MR) is 143 cm³/mol. The van der Waals surface area contributed by atoms with Gasteiger partial charge in [-0.25, -0.2) is 5.01 Å². The van der Waals surface area contributed by atoms with Crippen LogP contribution in [0.2, 0.25) is 0 Å². The highest BCUT2D eigenvalue weighted by atomic mass is 16.7. The van der Waals surface area contributed by atoms with Crippen molar-refractivity contribution in [1.82, 2.24) is 10.4 Å². The van der Waals surface area contributed by atoms with Crippen LogP contribution in [-0.4, -0.2) is 48.8 Å². The maximum atomic E-state index is 13.8. The molecule has 3 rings (SSSR count). The van der Waals surface area contributed by atoms with Gasteiger partial charge in [0.25, 0.3) is 11.8 Å². The van der Waals surface area contributed by atoms with Crippen LogP contribution in [0.3, 0.4) is 0 Å². The van der Waals surface area contributed by atoms with Crippen LogP contribution in [0.1, 0.15) is 84.2 Å². The molecule has 1 aromatic rings. The summed E-state index contributed by atoms with van der Waals surface area (Å²) < 4.78 is 17.9. The highest BCUT2D eigenvalue weighted by Gasteiger charge is 2.51. The van der Waals surface area contributed by atoms with Gasteiger partial charge in [-0.1, -0.05) is 38.5 Å². The number of amides is 2. The summed E-state index contributed by atoms with van der Waals surface area (Å²) in [4.78, 5) is 27.1. The zero-order valence-electron chi connectivity index (χ0n) is 23.5. The van der Waals surface area contributed by atoms with Gasteiger partial charge < -0.3 is 14.0 Å². The van der Waals surface area contributed by atoms with E-state index in [1.807, 2.05) is 80.5 Å². The Morgan fingerprint density at radius 3 is 2.25 bits per heavy atom. The molecule has 2 amide bonds. The maximum absolute atomic E-state index is 13.8. The summed E-state index contributed by atoms with van der Waals surface area (Å²) in [7, 11) is 1.03. The smallest absolute Gasteiger partial charge is 0.494 e. The van der Waals surface area contributed by atoms with Crippen molar-refractivity contribution >= 4 is 24.4 Å². The summed E-state index contributed by atoms with van der Waals surface area (Å²) in [6.07, 6.45) is 3.37. The molecular weight excluding hydrogens is 455 g/mol. The molecule has 1 N–H and O–H groups in total. The van der Waals surface area contributed by atoms with Crippen LogP contribution in [0.5, 0.6) is 0 Å². The topological polar surface area (TPSA) is 77.1 Å². The minimum absolute atomic E-state index is 0.245. The highest BCUT2D eigenvalue weighted by molar-refractivity contribution is 6.62. The van der Waals surface area contributed by atoms with Crippen LogP contribution in [-0.2, 0) is 18.8 Å². The third kappa shape index (κ3) is 6.04. The number of allylic oxidation sites excluding steroid dienone is 2. The van der Waals surface area contributed by atoms with Gasteiger partial charge in [-0.2, -0.15) is 0 Å². The molecule has 0 saturated carbocycles. The molecule has 0 atom stereocenters. The number of ether oxygens (including phenoxy) is 1. The molecule has 0 bridgehead atoms. The standard InChI is InChI=1S/C28H41BN2O5/c1-18-14-20(16-21(15-18)29-35-27(6,7)28(8,9)36-29)25(33)31(17-26(3,4)5)30-24(32)22-12-11-13-23(34-10)19(22)2/h12,14-16H,11,13,17H2,1-10H3,(H,30,32). The minimum Gasteiger partial charge on any atom is -0.501 e. The first-order valence-electron chi connectivity index (χ1n) is 12.6. The average molecular weight is 496 g/mol. The van der Waals surface area contributed by atoms with Gasteiger partial charge in [-0.05, 0) is 76.5 Å². The van der Waals surface area contributed by atoms with Crippen LogP contribution in [0.4, 0.5) is 0 Å². The van der Waals surface area contributed by atoms with Gasteiger partial charge >= 0.3 is 7.12 Å². The number of hydrazine groups is 1.